The Kier molecular flexibility index (Phi) is 5.11. The first-order valence-corrected chi connectivity index (χ1v) is 12.2. The van der Waals surface area contributed by atoms with E-state index in [-0.39, 0.29) is 36.3 Å². The Labute approximate surface area is 190 Å². The van der Waals surface area contributed by atoms with Crippen LogP contribution in [-0.4, -0.2) is 43.3 Å². The first kappa shape index (κ1) is 21.7. The van der Waals surface area contributed by atoms with Crippen molar-refractivity contribution in [3.8, 4) is 0 Å². The van der Waals surface area contributed by atoms with Gasteiger partial charge in [-0.25, -0.2) is 18.1 Å². The second-order valence-electron chi connectivity index (χ2n) is 8.72. The van der Waals surface area contributed by atoms with Gasteiger partial charge in [-0.1, -0.05) is 6.08 Å². The molecule has 2 aromatic heterocycles. The topological polar surface area (TPSA) is 104 Å². The van der Waals surface area contributed by atoms with Crippen LogP contribution in [0.15, 0.2) is 36.7 Å². The van der Waals surface area contributed by atoms with Crippen molar-refractivity contribution < 1.29 is 22.0 Å². The lowest BCUT2D eigenvalue weighted by Crippen LogP contribution is -2.35. The van der Waals surface area contributed by atoms with E-state index in [1.54, 1.807) is 24.4 Å². The van der Waals surface area contributed by atoms with Crippen molar-refractivity contribution in [2.24, 2.45) is 5.92 Å². The number of amides is 1. The summed E-state index contributed by atoms with van der Waals surface area (Å²) in [5, 5.41) is 3.00. The fourth-order valence-corrected chi connectivity index (χ4v) is 5.26. The van der Waals surface area contributed by atoms with Crippen LogP contribution in [0.2, 0.25) is 0 Å². The molecule has 174 valence electrons. The summed E-state index contributed by atoms with van der Waals surface area (Å²) in [6, 6.07) is 5.07. The molecule has 2 atom stereocenters. The van der Waals surface area contributed by atoms with Crippen LogP contribution in [0.5, 0.6) is 0 Å². The summed E-state index contributed by atoms with van der Waals surface area (Å²) >= 11 is 0. The lowest BCUT2D eigenvalue weighted by molar-refractivity contribution is 0.0933. The van der Waals surface area contributed by atoms with Gasteiger partial charge >= 0.3 is 10.2 Å². The number of anilines is 2. The number of nitrogens with one attached hydrogen (secondary N) is 2. The van der Waals surface area contributed by atoms with Gasteiger partial charge in [0, 0.05) is 37.8 Å². The standard InChI is InChI=1S/C22H23F2N5O3S/c1-29-20-19(28-33(29,31)32)15(9-16-11-22(16,23)24)10-18(27-20)13-4-6-17(7-5-13)26-21(30)14-3-2-8-25-12-14/h2-4,8,10,12,16-17,28H,5-7,9,11H2,1H3,(H,26,30). The van der Waals surface area contributed by atoms with Crippen LogP contribution in [0, 0.1) is 5.92 Å². The largest absolute Gasteiger partial charge is 0.349 e. The summed E-state index contributed by atoms with van der Waals surface area (Å²) in [6.07, 6.45) is 6.86. The molecule has 1 aliphatic heterocycles. The molecule has 3 aliphatic rings. The molecule has 2 aliphatic carbocycles. The van der Waals surface area contributed by atoms with Gasteiger partial charge in [0.1, 0.15) is 0 Å². The van der Waals surface area contributed by atoms with Crippen molar-refractivity contribution in [3.05, 3.63) is 53.5 Å². The third kappa shape index (κ3) is 4.17. The number of alkyl halides is 2. The monoisotopic (exact) mass is 475 g/mol. The first-order valence-electron chi connectivity index (χ1n) is 10.7. The minimum atomic E-state index is -3.79. The minimum Gasteiger partial charge on any atom is -0.349 e. The van der Waals surface area contributed by atoms with Crippen LogP contribution in [0.1, 0.15) is 47.3 Å². The van der Waals surface area contributed by atoms with Crippen LogP contribution >= 0.6 is 0 Å². The molecule has 1 amide bonds. The zero-order chi connectivity index (χ0) is 23.4. The van der Waals surface area contributed by atoms with Crippen molar-refractivity contribution in [2.45, 2.75) is 44.1 Å². The molecule has 8 nitrogen and oxygen atoms in total. The van der Waals surface area contributed by atoms with Crippen molar-refractivity contribution in [3.63, 3.8) is 0 Å². The molecule has 2 aromatic rings. The number of aromatic nitrogens is 2. The maximum atomic E-state index is 13.6. The Balaban J connectivity index is 1.37. The highest BCUT2D eigenvalue weighted by Gasteiger charge is 2.56. The Hall–Kier alpha value is -3.08. The van der Waals surface area contributed by atoms with Gasteiger partial charge in [-0.3, -0.25) is 14.5 Å². The third-order valence-corrected chi connectivity index (χ3v) is 7.75. The van der Waals surface area contributed by atoms with E-state index in [4.69, 9.17) is 0 Å². The molecular weight excluding hydrogens is 452 g/mol. The predicted octanol–water partition coefficient (Wildman–Crippen LogP) is 3.15. The molecule has 0 bridgehead atoms. The summed E-state index contributed by atoms with van der Waals surface area (Å²) < 4.78 is 55.3. The van der Waals surface area contributed by atoms with Crippen molar-refractivity contribution in [2.75, 3.05) is 16.1 Å². The molecule has 3 heterocycles. The predicted molar refractivity (Wildman–Crippen MR) is 119 cm³/mol. The molecule has 0 aromatic carbocycles. The molecule has 33 heavy (non-hydrogen) atoms. The lowest BCUT2D eigenvalue weighted by atomic mass is 9.91. The Morgan fingerprint density at radius 1 is 1.39 bits per heavy atom. The highest BCUT2D eigenvalue weighted by atomic mass is 32.2. The molecule has 5 rings (SSSR count). The van der Waals surface area contributed by atoms with E-state index in [9.17, 15) is 22.0 Å². The van der Waals surface area contributed by atoms with E-state index in [1.807, 2.05) is 6.08 Å². The number of pyridine rings is 2. The van der Waals surface area contributed by atoms with E-state index in [2.05, 4.69) is 20.0 Å². The summed E-state index contributed by atoms with van der Waals surface area (Å²) in [5.41, 5.74) is 2.78. The minimum absolute atomic E-state index is 0.0507. The van der Waals surface area contributed by atoms with Crippen molar-refractivity contribution in [1.82, 2.24) is 15.3 Å². The molecule has 2 unspecified atom stereocenters. The fourth-order valence-electron chi connectivity index (χ4n) is 4.28. The third-order valence-electron chi connectivity index (χ3n) is 6.39. The zero-order valence-corrected chi connectivity index (χ0v) is 18.7. The normalized spacial score (nSPS) is 24.5. The summed E-state index contributed by atoms with van der Waals surface area (Å²) in [4.78, 5) is 20.9. The maximum absolute atomic E-state index is 13.6. The molecule has 0 saturated heterocycles. The molecule has 0 radical (unpaired) electrons. The highest BCUT2D eigenvalue weighted by molar-refractivity contribution is 7.94. The molecule has 11 heteroatoms. The number of carbonyl (C=O) groups excluding carboxylic acids is 1. The van der Waals surface area contributed by atoms with Crippen LogP contribution in [0.3, 0.4) is 0 Å². The molecule has 2 N–H and O–H groups in total. The van der Waals surface area contributed by atoms with Gasteiger partial charge in [0.2, 0.25) is 0 Å². The number of rotatable bonds is 5. The second kappa shape index (κ2) is 7.75. The molecule has 1 fully saturated rings. The molecular formula is C22H23F2N5O3S. The van der Waals surface area contributed by atoms with Gasteiger partial charge in [0.05, 0.1) is 16.9 Å². The number of hydrogen-bond donors (Lipinski definition) is 2. The van der Waals surface area contributed by atoms with E-state index < -0.39 is 22.0 Å². The van der Waals surface area contributed by atoms with Crippen LogP contribution in [-0.2, 0) is 16.6 Å². The fraction of sp³-hybridized carbons (Fsp3) is 0.409. The average Bonchev–Trinajstić information content (AvgIpc) is 3.32. The SMILES string of the molecule is CN1c2nc(C3=CCC(NC(=O)c4cccnc4)CC3)cc(CC3CC3(F)F)c2NS1(=O)=O. The van der Waals surface area contributed by atoms with Crippen molar-refractivity contribution in [1.29, 1.82) is 0 Å². The number of carbonyl (C=O) groups is 1. The Bertz CT molecular complexity index is 1250. The van der Waals surface area contributed by atoms with Gasteiger partial charge in [0.25, 0.3) is 11.8 Å². The second-order valence-corrected chi connectivity index (χ2v) is 10.4. The number of allylic oxidation sites excluding steroid dienone is 1. The van der Waals surface area contributed by atoms with Gasteiger partial charge in [-0.15, -0.1) is 0 Å². The number of fused-ring (bicyclic) bond motifs is 1. The highest BCUT2D eigenvalue weighted by Crippen LogP contribution is 2.52. The summed E-state index contributed by atoms with van der Waals surface area (Å²) in [6.45, 7) is 0. The van der Waals surface area contributed by atoms with Gasteiger partial charge < -0.3 is 5.32 Å². The summed E-state index contributed by atoms with van der Waals surface area (Å²) in [5.74, 6) is -3.46. The van der Waals surface area contributed by atoms with Crippen LogP contribution in [0.4, 0.5) is 20.3 Å². The van der Waals surface area contributed by atoms with Crippen LogP contribution < -0.4 is 14.3 Å². The maximum Gasteiger partial charge on any atom is 0.325 e. The van der Waals surface area contributed by atoms with E-state index in [0.29, 0.717) is 36.1 Å². The molecule has 1 saturated carbocycles. The number of hydrogen-bond acceptors (Lipinski definition) is 5. The summed E-state index contributed by atoms with van der Waals surface area (Å²) in [7, 11) is -2.40. The zero-order valence-electron chi connectivity index (χ0n) is 17.9. The van der Waals surface area contributed by atoms with Gasteiger partial charge in [-0.05, 0) is 55.0 Å². The van der Waals surface area contributed by atoms with Gasteiger partial charge in [0.15, 0.2) is 5.82 Å². The van der Waals surface area contributed by atoms with Crippen LogP contribution in [0.25, 0.3) is 5.57 Å². The smallest absolute Gasteiger partial charge is 0.325 e. The average molecular weight is 476 g/mol. The lowest BCUT2D eigenvalue weighted by Gasteiger charge is -2.23. The van der Waals surface area contributed by atoms with Gasteiger partial charge in [-0.2, -0.15) is 8.42 Å². The van der Waals surface area contributed by atoms with E-state index >= 15 is 0 Å². The first-order chi connectivity index (χ1) is 15.6. The van der Waals surface area contributed by atoms with Crippen molar-refractivity contribution >= 4 is 33.2 Å². The number of nitrogens with zero attached hydrogens (tertiary/aromatic N) is 3. The Morgan fingerprint density at radius 3 is 2.82 bits per heavy atom. The van der Waals surface area contributed by atoms with E-state index in [1.165, 1.54) is 13.2 Å². The Morgan fingerprint density at radius 2 is 2.18 bits per heavy atom. The molecule has 0 spiro atoms. The number of halogens is 2. The quantitative estimate of drug-likeness (QED) is 0.692. The van der Waals surface area contributed by atoms with E-state index in [0.717, 1.165) is 9.88 Å².